The van der Waals surface area contributed by atoms with Crippen LogP contribution in [-0.2, 0) is 12.8 Å². The third-order valence-electron chi connectivity index (χ3n) is 8.10. The highest BCUT2D eigenvalue weighted by molar-refractivity contribution is 6.19. The molecule has 0 unspecified atom stereocenters. The number of benzene rings is 4. The number of nitrogens with zero attached hydrogens (tertiary/aromatic N) is 3. The Kier molecular flexibility index (Phi) is 3.14. The topological polar surface area (TPSA) is 30.2 Å². The molecular formula is C32H19N3. The highest BCUT2D eigenvalue weighted by Crippen LogP contribution is 2.49. The average Bonchev–Trinajstić information content (AvgIpc) is 3.59. The number of hydrogen-bond acceptors (Lipinski definition) is 2. The fourth-order valence-electron chi connectivity index (χ4n) is 6.65. The molecule has 0 N–H and O–H groups in total. The maximum atomic E-state index is 5.18. The number of hydrogen-bond donors (Lipinski definition) is 0. The lowest BCUT2D eigenvalue weighted by Crippen LogP contribution is -1.95. The molecule has 0 spiro atoms. The van der Waals surface area contributed by atoms with Gasteiger partial charge in [-0.05, 0) is 81.6 Å². The lowest BCUT2D eigenvalue weighted by atomic mass is 9.94. The van der Waals surface area contributed by atoms with Crippen molar-refractivity contribution in [3.63, 3.8) is 0 Å². The molecule has 0 atom stereocenters. The summed E-state index contributed by atoms with van der Waals surface area (Å²) in [5, 5.41) is 2.40. The summed E-state index contributed by atoms with van der Waals surface area (Å²) in [5.74, 6) is 0. The Morgan fingerprint density at radius 3 is 2.43 bits per heavy atom. The van der Waals surface area contributed by atoms with Gasteiger partial charge in [0.2, 0.25) is 0 Å². The van der Waals surface area contributed by atoms with Crippen LogP contribution < -0.4 is 0 Å². The van der Waals surface area contributed by atoms with Crippen LogP contribution in [0.15, 0.2) is 91.1 Å². The van der Waals surface area contributed by atoms with Gasteiger partial charge in [0.25, 0.3) is 0 Å². The Hall–Kier alpha value is -4.50. The van der Waals surface area contributed by atoms with Gasteiger partial charge < -0.3 is 0 Å². The molecule has 0 saturated carbocycles. The van der Waals surface area contributed by atoms with Crippen molar-refractivity contribution in [1.82, 2.24) is 14.4 Å². The van der Waals surface area contributed by atoms with Crippen molar-refractivity contribution in [2.45, 2.75) is 12.8 Å². The third kappa shape index (κ3) is 2.12. The van der Waals surface area contributed by atoms with E-state index in [1.165, 1.54) is 55.3 Å². The van der Waals surface area contributed by atoms with E-state index in [0.29, 0.717) is 0 Å². The standard InChI is InChI=1S/C32H19N3/c1-2-7-20-18(6-1)16-24-21(20)13-14-22-25(24)17-19-11-12-23-30(29(19)22)32-34-26-8-3-4-9-27(26)35(32)28-10-5-15-33-31(23)28/h1-15H,16-17H2. The molecule has 3 nitrogen and oxygen atoms in total. The van der Waals surface area contributed by atoms with E-state index in [2.05, 4.69) is 83.3 Å². The normalized spacial score (nSPS) is 13.5. The van der Waals surface area contributed by atoms with Crippen molar-refractivity contribution in [1.29, 1.82) is 0 Å². The zero-order chi connectivity index (χ0) is 22.7. The maximum absolute atomic E-state index is 5.18. The lowest BCUT2D eigenvalue weighted by Gasteiger charge is -2.13. The first kappa shape index (κ1) is 17.9. The van der Waals surface area contributed by atoms with Gasteiger partial charge in [0.05, 0.1) is 22.1 Å². The quantitative estimate of drug-likeness (QED) is 0.229. The average molecular weight is 446 g/mol. The zero-order valence-electron chi connectivity index (χ0n) is 18.9. The number of rotatable bonds is 0. The van der Waals surface area contributed by atoms with Crippen LogP contribution in [0.1, 0.15) is 22.3 Å². The van der Waals surface area contributed by atoms with Crippen LogP contribution in [0.3, 0.4) is 0 Å². The summed E-state index contributed by atoms with van der Waals surface area (Å²) in [6.45, 7) is 0. The van der Waals surface area contributed by atoms with Gasteiger partial charge in [0.1, 0.15) is 5.65 Å². The molecule has 0 radical (unpaired) electrons. The fraction of sp³-hybridized carbons (Fsp3) is 0.0625. The summed E-state index contributed by atoms with van der Waals surface area (Å²) in [7, 11) is 0. The first-order valence-corrected chi connectivity index (χ1v) is 12.2. The van der Waals surface area contributed by atoms with E-state index >= 15 is 0 Å². The van der Waals surface area contributed by atoms with Crippen molar-refractivity contribution in [3.05, 3.63) is 113 Å². The van der Waals surface area contributed by atoms with E-state index in [9.17, 15) is 0 Å². The number of pyridine rings is 2. The molecule has 4 aromatic carbocycles. The van der Waals surface area contributed by atoms with Crippen molar-refractivity contribution in [2.24, 2.45) is 0 Å². The van der Waals surface area contributed by atoms with Gasteiger partial charge >= 0.3 is 0 Å². The molecular weight excluding hydrogens is 426 g/mol. The monoisotopic (exact) mass is 445 g/mol. The Morgan fingerprint density at radius 2 is 1.43 bits per heavy atom. The molecule has 3 heteroatoms. The molecule has 35 heavy (non-hydrogen) atoms. The molecule has 3 aromatic heterocycles. The van der Waals surface area contributed by atoms with Crippen molar-refractivity contribution in [2.75, 3.05) is 0 Å². The van der Waals surface area contributed by atoms with Gasteiger partial charge in [-0.1, -0.05) is 60.7 Å². The lowest BCUT2D eigenvalue weighted by molar-refractivity contribution is 1.16. The molecule has 2 aliphatic carbocycles. The molecule has 0 bridgehead atoms. The van der Waals surface area contributed by atoms with E-state index in [1.807, 2.05) is 12.3 Å². The van der Waals surface area contributed by atoms with Crippen molar-refractivity contribution < 1.29 is 0 Å². The van der Waals surface area contributed by atoms with E-state index in [0.717, 1.165) is 40.6 Å². The van der Waals surface area contributed by atoms with Crippen molar-refractivity contribution >= 4 is 38.5 Å². The first-order valence-electron chi connectivity index (χ1n) is 12.2. The number of imidazole rings is 1. The smallest absolute Gasteiger partial charge is 0.147 e. The summed E-state index contributed by atoms with van der Waals surface area (Å²) in [6, 6.07) is 30.7. The SMILES string of the molecule is c1ccc2c(c1)Cc1c-2ccc2c1Cc1ccc3c4ncccc4n4c5ccccc5nc4c3c1-2. The van der Waals surface area contributed by atoms with Gasteiger partial charge in [-0.15, -0.1) is 0 Å². The molecule has 162 valence electrons. The predicted octanol–water partition coefficient (Wildman–Crippen LogP) is 7.33. The van der Waals surface area contributed by atoms with Crippen molar-refractivity contribution in [3.8, 4) is 22.3 Å². The fourth-order valence-corrected chi connectivity index (χ4v) is 6.65. The van der Waals surface area contributed by atoms with Gasteiger partial charge in [0.15, 0.2) is 0 Å². The first-order chi connectivity index (χ1) is 17.4. The second-order valence-corrected chi connectivity index (χ2v) is 9.78. The van der Waals surface area contributed by atoms with Crippen LogP contribution in [0.4, 0.5) is 0 Å². The largest absolute Gasteiger partial charge is 0.290 e. The zero-order valence-corrected chi connectivity index (χ0v) is 18.9. The van der Waals surface area contributed by atoms with Gasteiger partial charge in [-0.3, -0.25) is 9.38 Å². The second kappa shape index (κ2) is 6.13. The molecule has 0 amide bonds. The van der Waals surface area contributed by atoms with E-state index in [-0.39, 0.29) is 0 Å². The second-order valence-electron chi connectivity index (χ2n) is 9.78. The van der Waals surface area contributed by atoms with E-state index in [1.54, 1.807) is 0 Å². The number of fused-ring (bicyclic) bond motifs is 16. The van der Waals surface area contributed by atoms with E-state index in [4.69, 9.17) is 9.97 Å². The number of aromatic nitrogens is 3. The van der Waals surface area contributed by atoms with Gasteiger partial charge in [-0.2, -0.15) is 0 Å². The van der Waals surface area contributed by atoms with Crippen LogP contribution in [-0.4, -0.2) is 14.4 Å². The maximum Gasteiger partial charge on any atom is 0.147 e. The Bertz CT molecular complexity index is 2060. The van der Waals surface area contributed by atoms with Gasteiger partial charge in [0, 0.05) is 17.0 Å². The molecule has 7 aromatic rings. The third-order valence-corrected chi connectivity index (χ3v) is 8.10. The molecule has 9 rings (SSSR count). The minimum atomic E-state index is 0.977. The molecule has 3 heterocycles. The molecule has 0 fully saturated rings. The number of para-hydroxylation sites is 2. The molecule has 2 aliphatic rings. The van der Waals surface area contributed by atoms with E-state index < -0.39 is 0 Å². The Labute approximate surface area is 201 Å². The highest BCUT2D eigenvalue weighted by atomic mass is 15.0. The molecule has 0 saturated heterocycles. The summed E-state index contributed by atoms with van der Waals surface area (Å²) in [5.41, 5.74) is 16.6. The molecule has 0 aliphatic heterocycles. The Balaban J connectivity index is 1.45. The summed E-state index contributed by atoms with van der Waals surface area (Å²) < 4.78 is 2.31. The minimum Gasteiger partial charge on any atom is -0.290 e. The Morgan fingerprint density at radius 1 is 0.629 bits per heavy atom. The summed E-state index contributed by atoms with van der Waals surface area (Å²) in [4.78, 5) is 10.0. The van der Waals surface area contributed by atoms with Crippen LogP contribution >= 0.6 is 0 Å². The van der Waals surface area contributed by atoms with Crippen LogP contribution in [0, 0.1) is 0 Å². The summed E-state index contributed by atoms with van der Waals surface area (Å²) in [6.07, 6.45) is 3.90. The van der Waals surface area contributed by atoms with Crippen LogP contribution in [0.25, 0.3) is 60.7 Å². The highest BCUT2D eigenvalue weighted by Gasteiger charge is 2.30. The van der Waals surface area contributed by atoms with Crippen LogP contribution in [0.2, 0.25) is 0 Å². The van der Waals surface area contributed by atoms with Gasteiger partial charge in [-0.25, -0.2) is 4.98 Å². The van der Waals surface area contributed by atoms with Crippen LogP contribution in [0.5, 0.6) is 0 Å². The summed E-state index contributed by atoms with van der Waals surface area (Å²) >= 11 is 0. The minimum absolute atomic E-state index is 0.977. The predicted molar refractivity (Wildman–Crippen MR) is 142 cm³/mol.